The summed E-state index contributed by atoms with van der Waals surface area (Å²) in [7, 11) is 1.68. The van der Waals surface area contributed by atoms with Crippen LogP contribution in [0.15, 0.2) is 18.2 Å². The van der Waals surface area contributed by atoms with E-state index in [9.17, 15) is 0 Å². The Bertz CT molecular complexity index is 603. The molecule has 1 aliphatic rings. The van der Waals surface area contributed by atoms with Crippen LogP contribution in [0, 0.1) is 0 Å². The van der Waals surface area contributed by atoms with Gasteiger partial charge in [-0.3, -0.25) is 4.90 Å². The number of aromatic nitrogens is 2. The maximum absolute atomic E-state index is 6.06. The molecule has 2 aromatic rings. The number of fused-ring (bicyclic) bond motifs is 1. The van der Waals surface area contributed by atoms with Gasteiger partial charge in [0.2, 0.25) is 5.95 Å². The van der Waals surface area contributed by atoms with E-state index in [0.29, 0.717) is 5.95 Å². The van der Waals surface area contributed by atoms with Gasteiger partial charge in [0.1, 0.15) is 5.75 Å². The zero-order valence-electron chi connectivity index (χ0n) is 12.2. The molecule has 0 spiro atoms. The Hall–Kier alpha value is -1.75. The standard InChI is InChI=1S/C15H22N4O/c1-3-18(11-4-5-11)8-9-19-14-10-12(20-2)6-7-13(14)17-15(19)16/h6-7,10-11H,3-5,8-9H2,1-2H3,(H2,16,17). The van der Waals surface area contributed by atoms with Crippen molar-refractivity contribution >= 4 is 17.0 Å². The number of hydrogen-bond acceptors (Lipinski definition) is 4. The molecule has 2 N–H and O–H groups in total. The average Bonchev–Trinajstić information content (AvgIpc) is 3.24. The molecule has 5 heteroatoms. The third-order valence-electron chi connectivity index (χ3n) is 4.07. The van der Waals surface area contributed by atoms with Crippen LogP contribution in [0.5, 0.6) is 5.75 Å². The highest BCUT2D eigenvalue weighted by Crippen LogP contribution is 2.27. The van der Waals surface area contributed by atoms with Gasteiger partial charge in [-0.1, -0.05) is 6.92 Å². The summed E-state index contributed by atoms with van der Waals surface area (Å²) < 4.78 is 7.38. The molecule has 0 unspecified atom stereocenters. The van der Waals surface area contributed by atoms with Gasteiger partial charge in [-0.2, -0.15) is 0 Å². The van der Waals surface area contributed by atoms with Crippen LogP contribution < -0.4 is 10.5 Å². The Morgan fingerprint density at radius 3 is 2.90 bits per heavy atom. The first-order valence-electron chi connectivity index (χ1n) is 7.26. The molecular formula is C15H22N4O. The normalized spacial score (nSPS) is 15.2. The molecule has 1 aliphatic carbocycles. The van der Waals surface area contributed by atoms with E-state index in [2.05, 4.69) is 21.4 Å². The summed E-state index contributed by atoms with van der Waals surface area (Å²) in [5.41, 5.74) is 8.03. The van der Waals surface area contributed by atoms with Gasteiger partial charge < -0.3 is 15.0 Å². The molecule has 0 saturated heterocycles. The maximum atomic E-state index is 6.06. The van der Waals surface area contributed by atoms with Crippen molar-refractivity contribution in [1.82, 2.24) is 14.5 Å². The Labute approximate surface area is 119 Å². The summed E-state index contributed by atoms with van der Waals surface area (Å²) in [4.78, 5) is 6.94. The van der Waals surface area contributed by atoms with Crippen molar-refractivity contribution in [3.8, 4) is 5.75 Å². The molecule has 0 radical (unpaired) electrons. The van der Waals surface area contributed by atoms with E-state index in [1.165, 1.54) is 12.8 Å². The second-order valence-corrected chi connectivity index (χ2v) is 5.34. The van der Waals surface area contributed by atoms with Crippen molar-refractivity contribution in [2.75, 3.05) is 25.9 Å². The van der Waals surface area contributed by atoms with E-state index in [0.717, 1.165) is 42.5 Å². The Kier molecular flexibility index (Phi) is 3.53. The minimum atomic E-state index is 0.583. The van der Waals surface area contributed by atoms with Gasteiger partial charge in [0.25, 0.3) is 0 Å². The lowest BCUT2D eigenvalue weighted by Gasteiger charge is -2.20. The van der Waals surface area contributed by atoms with Gasteiger partial charge in [0.05, 0.1) is 18.1 Å². The minimum absolute atomic E-state index is 0.583. The van der Waals surface area contributed by atoms with Gasteiger partial charge in [-0.05, 0) is 31.5 Å². The lowest BCUT2D eigenvalue weighted by atomic mass is 10.3. The molecule has 1 aromatic carbocycles. The third-order valence-corrected chi connectivity index (χ3v) is 4.07. The highest BCUT2D eigenvalue weighted by atomic mass is 16.5. The molecule has 1 heterocycles. The molecule has 0 atom stereocenters. The molecule has 5 nitrogen and oxygen atoms in total. The monoisotopic (exact) mass is 274 g/mol. The van der Waals surface area contributed by atoms with Gasteiger partial charge in [-0.25, -0.2) is 4.98 Å². The van der Waals surface area contributed by atoms with Crippen LogP contribution in [-0.4, -0.2) is 40.7 Å². The summed E-state index contributed by atoms with van der Waals surface area (Å²) in [6.45, 7) is 5.21. The summed E-state index contributed by atoms with van der Waals surface area (Å²) >= 11 is 0. The molecule has 20 heavy (non-hydrogen) atoms. The van der Waals surface area contributed by atoms with E-state index in [4.69, 9.17) is 10.5 Å². The van der Waals surface area contributed by atoms with Gasteiger partial charge in [0.15, 0.2) is 0 Å². The molecule has 0 amide bonds. The minimum Gasteiger partial charge on any atom is -0.497 e. The SMILES string of the molecule is CCN(CCn1c(N)nc2ccc(OC)cc21)C1CC1. The van der Waals surface area contributed by atoms with Crippen molar-refractivity contribution in [3.63, 3.8) is 0 Å². The van der Waals surface area contributed by atoms with E-state index in [-0.39, 0.29) is 0 Å². The molecule has 0 bridgehead atoms. The first-order chi connectivity index (χ1) is 9.72. The number of rotatable bonds is 6. The number of methoxy groups -OCH3 is 1. The predicted octanol–water partition coefficient (Wildman–Crippen LogP) is 2.11. The van der Waals surface area contributed by atoms with Crippen molar-refractivity contribution in [3.05, 3.63) is 18.2 Å². The summed E-state index contributed by atoms with van der Waals surface area (Å²) in [6, 6.07) is 6.67. The summed E-state index contributed by atoms with van der Waals surface area (Å²) in [5.74, 6) is 1.42. The second kappa shape index (κ2) is 5.32. The zero-order valence-corrected chi connectivity index (χ0v) is 12.2. The smallest absolute Gasteiger partial charge is 0.201 e. The fourth-order valence-electron chi connectivity index (χ4n) is 2.75. The lowest BCUT2D eigenvalue weighted by molar-refractivity contribution is 0.268. The number of imidazole rings is 1. The van der Waals surface area contributed by atoms with Crippen molar-refractivity contribution in [2.24, 2.45) is 0 Å². The molecule has 1 aromatic heterocycles. The fourth-order valence-corrected chi connectivity index (χ4v) is 2.75. The molecular weight excluding hydrogens is 252 g/mol. The maximum Gasteiger partial charge on any atom is 0.201 e. The van der Waals surface area contributed by atoms with E-state index in [1.54, 1.807) is 7.11 Å². The van der Waals surface area contributed by atoms with Gasteiger partial charge in [-0.15, -0.1) is 0 Å². The number of nitrogens with two attached hydrogens (primary N) is 1. The number of nitrogen functional groups attached to an aromatic ring is 1. The second-order valence-electron chi connectivity index (χ2n) is 5.34. The average molecular weight is 274 g/mol. The van der Waals surface area contributed by atoms with Crippen LogP contribution in [0.1, 0.15) is 19.8 Å². The molecule has 0 aliphatic heterocycles. The Morgan fingerprint density at radius 1 is 1.45 bits per heavy atom. The quantitative estimate of drug-likeness (QED) is 0.876. The number of anilines is 1. The third kappa shape index (κ3) is 2.45. The van der Waals surface area contributed by atoms with Gasteiger partial charge >= 0.3 is 0 Å². The molecule has 1 fully saturated rings. The molecule has 1 saturated carbocycles. The lowest BCUT2D eigenvalue weighted by Crippen LogP contribution is -2.29. The Morgan fingerprint density at radius 2 is 2.25 bits per heavy atom. The van der Waals surface area contributed by atoms with Crippen LogP contribution in [0.4, 0.5) is 5.95 Å². The molecule has 3 rings (SSSR count). The van der Waals surface area contributed by atoms with E-state index < -0.39 is 0 Å². The predicted molar refractivity (Wildman–Crippen MR) is 81.0 cm³/mol. The first kappa shape index (κ1) is 13.2. The van der Waals surface area contributed by atoms with E-state index in [1.807, 2.05) is 18.2 Å². The van der Waals surface area contributed by atoms with Crippen LogP contribution in [0.2, 0.25) is 0 Å². The van der Waals surface area contributed by atoms with Crippen molar-refractivity contribution in [1.29, 1.82) is 0 Å². The van der Waals surface area contributed by atoms with Crippen LogP contribution >= 0.6 is 0 Å². The topological polar surface area (TPSA) is 56.3 Å². The molecule has 108 valence electrons. The summed E-state index contributed by atoms with van der Waals surface area (Å²) in [6.07, 6.45) is 2.67. The Balaban J connectivity index is 1.83. The number of hydrogen-bond donors (Lipinski definition) is 1. The highest BCUT2D eigenvalue weighted by molar-refractivity contribution is 5.79. The van der Waals surface area contributed by atoms with Gasteiger partial charge in [0, 0.05) is 25.2 Å². The number of benzene rings is 1. The number of ether oxygens (including phenoxy) is 1. The zero-order chi connectivity index (χ0) is 14.1. The number of nitrogens with zero attached hydrogens (tertiary/aromatic N) is 3. The van der Waals surface area contributed by atoms with Crippen LogP contribution in [0.3, 0.4) is 0 Å². The largest absolute Gasteiger partial charge is 0.497 e. The van der Waals surface area contributed by atoms with E-state index >= 15 is 0 Å². The highest BCUT2D eigenvalue weighted by Gasteiger charge is 2.27. The van der Waals surface area contributed by atoms with Crippen LogP contribution in [0.25, 0.3) is 11.0 Å². The van der Waals surface area contributed by atoms with Crippen molar-refractivity contribution in [2.45, 2.75) is 32.4 Å². The first-order valence-corrected chi connectivity index (χ1v) is 7.26. The fraction of sp³-hybridized carbons (Fsp3) is 0.533. The van der Waals surface area contributed by atoms with Crippen molar-refractivity contribution < 1.29 is 4.74 Å². The number of likely N-dealkylation sites (N-methyl/N-ethyl adjacent to an activating group) is 1. The summed E-state index contributed by atoms with van der Waals surface area (Å²) in [5, 5.41) is 0. The van der Waals surface area contributed by atoms with Crippen LogP contribution in [-0.2, 0) is 6.54 Å².